The van der Waals surface area contributed by atoms with Crippen molar-refractivity contribution in [2.75, 3.05) is 13.1 Å². The number of benzene rings is 3. The van der Waals surface area contributed by atoms with Gasteiger partial charge in [-0.3, -0.25) is 14.4 Å². The van der Waals surface area contributed by atoms with Gasteiger partial charge in [0.05, 0.1) is 11.5 Å². The molecule has 1 aliphatic rings. The number of ether oxygens (including phenoxy) is 1. The number of nitrogens with one attached hydrogen (secondary N) is 2. The van der Waals surface area contributed by atoms with Crippen molar-refractivity contribution in [2.45, 2.75) is 50.8 Å². The van der Waals surface area contributed by atoms with Gasteiger partial charge in [-0.05, 0) is 43.0 Å². The summed E-state index contributed by atoms with van der Waals surface area (Å²) in [5.41, 5.74) is 8.74. The maximum atomic E-state index is 14.1. The number of amides is 2. The summed E-state index contributed by atoms with van der Waals surface area (Å²) in [6.45, 7) is 4.03. The molecular weight excluding hydrogens is 528 g/mol. The quantitative estimate of drug-likeness (QED) is 0.261. The summed E-state index contributed by atoms with van der Waals surface area (Å²) in [5, 5.41) is 3.89. The van der Waals surface area contributed by atoms with Crippen LogP contribution in [0.1, 0.15) is 42.9 Å². The lowest BCUT2D eigenvalue weighted by atomic mass is 9.80. The van der Waals surface area contributed by atoms with Gasteiger partial charge in [-0.25, -0.2) is 0 Å². The number of carbonyl (C=O) groups is 3. The Labute approximate surface area is 246 Å². The molecule has 1 saturated heterocycles. The van der Waals surface area contributed by atoms with E-state index >= 15 is 0 Å². The normalized spacial score (nSPS) is 17.9. The highest BCUT2D eigenvalue weighted by Gasteiger charge is 2.40. The maximum Gasteiger partial charge on any atom is 0.311 e. The third-order valence-electron chi connectivity index (χ3n) is 7.97. The molecule has 5 rings (SSSR count). The first-order valence-electron chi connectivity index (χ1n) is 14.4. The third kappa shape index (κ3) is 6.71. The standard InChI is InChI=1S/C34H38N4O4/c1-34(2,35)33(41)37-30(19-25-20-36-29-16-10-9-15-27(25)29)31(39)38-18-17-26(24-13-7-4-8-14-24)28(21-38)32(40)42-22-23-11-5-3-6-12-23/h3-16,20,26,28,30,36H,17-19,21-22,35H2,1-2H3,(H,37,41)/t26?,28?,30-/m1/s1. The number of hydrogen-bond acceptors (Lipinski definition) is 5. The first-order valence-corrected chi connectivity index (χ1v) is 14.4. The van der Waals surface area contributed by atoms with Gasteiger partial charge in [0.25, 0.3) is 0 Å². The summed E-state index contributed by atoms with van der Waals surface area (Å²) >= 11 is 0. The topological polar surface area (TPSA) is 118 Å². The minimum Gasteiger partial charge on any atom is -0.461 e. The predicted octanol–water partition coefficient (Wildman–Crippen LogP) is 4.31. The molecule has 8 nitrogen and oxygen atoms in total. The van der Waals surface area contributed by atoms with Crippen LogP contribution >= 0.6 is 0 Å². The van der Waals surface area contributed by atoms with E-state index in [-0.39, 0.29) is 37.4 Å². The fraction of sp³-hybridized carbons (Fsp3) is 0.324. The van der Waals surface area contributed by atoms with Crippen molar-refractivity contribution in [1.82, 2.24) is 15.2 Å². The number of rotatable bonds is 9. The SMILES string of the molecule is CC(C)(N)C(=O)N[C@H](Cc1c[nH]c2ccccc12)C(=O)N1CCC(c2ccccc2)C(C(=O)OCc2ccccc2)C1. The van der Waals surface area contributed by atoms with Crippen molar-refractivity contribution < 1.29 is 19.1 Å². The molecular formula is C34H38N4O4. The summed E-state index contributed by atoms with van der Waals surface area (Å²) in [7, 11) is 0. The van der Waals surface area contributed by atoms with Gasteiger partial charge in [0, 0.05) is 42.5 Å². The first kappa shape index (κ1) is 29.1. The van der Waals surface area contributed by atoms with Crippen LogP contribution in [0, 0.1) is 5.92 Å². The number of likely N-dealkylation sites (tertiary alicyclic amines) is 1. The molecule has 4 aromatic rings. The average Bonchev–Trinajstić information content (AvgIpc) is 3.42. The minimum atomic E-state index is -1.16. The van der Waals surface area contributed by atoms with Gasteiger partial charge in [0.1, 0.15) is 12.6 Å². The van der Waals surface area contributed by atoms with Crippen molar-refractivity contribution in [3.8, 4) is 0 Å². The van der Waals surface area contributed by atoms with Gasteiger partial charge in [-0.15, -0.1) is 0 Å². The van der Waals surface area contributed by atoms with Crippen LogP contribution in [0.4, 0.5) is 0 Å². The van der Waals surface area contributed by atoms with E-state index < -0.39 is 23.4 Å². The number of H-pyrrole nitrogens is 1. The van der Waals surface area contributed by atoms with E-state index in [4.69, 9.17) is 10.5 Å². The fourth-order valence-electron chi connectivity index (χ4n) is 5.61. The van der Waals surface area contributed by atoms with Crippen molar-refractivity contribution in [3.05, 3.63) is 108 Å². The third-order valence-corrected chi connectivity index (χ3v) is 7.97. The van der Waals surface area contributed by atoms with E-state index in [1.54, 1.807) is 18.7 Å². The molecule has 0 radical (unpaired) electrons. The molecule has 1 aliphatic heterocycles. The van der Waals surface area contributed by atoms with Crippen LogP contribution < -0.4 is 11.1 Å². The Kier molecular flexibility index (Phi) is 8.73. The van der Waals surface area contributed by atoms with Gasteiger partial charge in [0.15, 0.2) is 0 Å². The predicted molar refractivity (Wildman–Crippen MR) is 162 cm³/mol. The summed E-state index contributed by atoms with van der Waals surface area (Å²) in [4.78, 5) is 45.6. The zero-order valence-corrected chi connectivity index (χ0v) is 24.1. The Hall–Kier alpha value is -4.43. The fourth-order valence-corrected chi connectivity index (χ4v) is 5.61. The number of para-hydroxylation sites is 1. The molecule has 1 aromatic heterocycles. The van der Waals surface area contributed by atoms with E-state index in [9.17, 15) is 14.4 Å². The van der Waals surface area contributed by atoms with Gasteiger partial charge < -0.3 is 25.7 Å². The van der Waals surface area contributed by atoms with Crippen LogP contribution in [0.3, 0.4) is 0 Å². The highest BCUT2D eigenvalue weighted by molar-refractivity contribution is 5.93. The lowest BCUT2D eigenvalue weighted by Crippen LogP contribution is -2.58. The number of hydrogen-bond donors (Lipinski definition) is 3. The Morgan fingerprint density at radius 1 is 1.00 bits per heavy atom. The second-order valence-electron chi connectivity index (χ2n) is 11.6. The monoisotopic (exact) mass is 566 g/mol. The summed E-state index contributed by atoms with van der Waals surface area (Å²) in [5.74, 6) is -1.65. The molecule has 3 atom stereocenters. The van der Waals surface area contributed by atoms with Gasteiger partial charge >= 0.3 is 5.97 Å². The first-order chi connectivity index (χ1) is 20.2. The smallest absolute Gasteiger partial charge is 0.311 e. The van der Waals surface area contributed by atoms with Crippen molar-refractivity contribution >= 4 is 28.7 Å². The Balaban J connectivity index is 1.39. The number of carbonyl (C=O) groups excluding carboxylic acids is 3. The molecule has 2 heterocycles. The van der Waals surface area contributed by atoms with Gasteiger partial charge in [-0.2, -0.15) is 0 Å². The molecule has 218 valence electrons. The van der Waals surface area contributed by atoms with E-state index in [0.29, 0.717) is 13.0 Å². The van der Waals surface area contributed by atoms with E-state index in [0.717, 1.165) is 27.6 Å². The number of nitrogens with zero attached hydrogens (tertiary/aromatic N) is 1. The Morgan fingerprint density at radius 2 is 1.67 bits per heavy atom. The van der Waals surface area contributed by atoms with Crippen LogP contribution in [-0.2, 0) is 32.1 Å². The molecule has 0 saturated carbocycles. The molecule has 8 heteroatoms. The Morgan fingerprint density at radius 3 is 2.38 bits per heavy atom. The van der Waals surface area contributed by atoms with Crippen molar-refractivity contribution in [1.29, 1.82) is 0 Å². The van der Waals surface area contributed by atoms with Crippen molar-refractivity contribution in [3.63, 3.8) is 0 Å². The summed E-state index contributed by atoms with van der Waals surface area (Å²) in [6, 6.07) is 26.4. The van der Waals surface area contributed by atoms with Gasteiger partial charge in [-0.1, -0.05) is 78.9 Å². The summed E-state index contributed by atoms with van der Waals surface area (Å²) < 4.78 is 5.78. The lowest BCUT2D eigenvalue weighted by molar-refractivity contribution is -0.154. The average molecular weight is 567 g/mol. The summed E-state index contributed by atoms with van der Waals surface area (Å²) in [6.07, 6.45) is 2.75. The van der Waals surface area contributed by atoms with Crippen LogP contribution in [0.25, 0.3) is 10.9 Å². The van der Waals surface area contributed by atoms with Crippen LogP contribution in [0.2, 0.25) is 0 Å². The number of nitrogens with two attached hydrogens (primary N) is 1. The second kappa shape index (κ2) is 12.6. The van der Waals surface area contributed by atoms with E-state index in [2.05, 4.69) is 10.3 Å². The van der Waals surface area contributed by atoms with Crippen LogP contribution in [0.5, 0.6) is 0 Å². The van der Waals surface area contributed by atoms with Crippen LogP contribution in [0.15, 0.2) is 91.1 Å². The van der Waals surface area contributed by atoms with Gasteiger partial charge in [0.2, 0.25) is 11.8 Å². The number of aromatic nitrogens is 1. The highest BCUT2D eigenvalue weighted by atomic mass is 16.5. The molecule has 0 aliphatic carbocycles. The number of piperidine rings is 1. The number of esters is 1. The molecule has 0 spiro atoms. The van der Waals surface area contributed by atoms with Crippen LogP contribution in [-0.4, -0.2) is 52.3 Å². The second-order valence-corrected chi connectivity index (χ2v) is 11.6. The minimum absolute atomic E-state index is 0.0943. The molecule has 4 N–H and O–H groups in total. The number of fused-ring (bicyclic) bond motifs is 1. The largest absolute Gasteiger partial charge is 0.461 e. The zero-order valence-electron chi connectivity index (χ0n) is 24.1. The molecule has 42 heavy (non-hydrogen) atoms. The molecule has 2 amide bonds. The molecule has 0 bridgehead atoms. The zero-order chi connectivity index (χ0) is 29.7. The maximum absolute atomic E-state index is 14.1. The lowest BCUT2D eigenvalue weighted by Gasteiger charge is -2.39. The van der Waals surface area contributed by atoms with E-state index in [1.807, 2.05) is 91.1 Å². The number of aromatic amines is 1. The highest BCUT2D eigenvalue weighted by Crippen LogP contribution is 2.34. The molecule has 2 unspecified atom stereocenters. The molecule has 1 fully saturated rings. The van der Waals surface area contributed by atoms with Crippen molar-refractivity contribution in [2.24, 2.45) is 11.7 Å². The van der Waals surface area contributed by atoms with E-state index in [1.165, 1.54) is 0 Å². The molecule has 3 aromatic carbocycles. The Bertz CT molecular complexity index is 1530.